The number of amides is 2. The smallest absolute Gasteiger partial charge is 0.321 e. The number of rotatable bonds is 10. The molecule has 0 heterocycles. The van der Waals surface area contributed by atoms with E-state index >= 15 is 0 Å². The van der Waals surface area contributed by atoms with Crippen LogP contribution in [-0.4, -0.2) is 35.1 Å². The van der Waals surface area contributed by atoms with Crippen molar-refractivity contribution in [2.75, 3.05) is 13.1 Å². The molecular weight excluding hydrogens is 412 g/mol. The second-order valence-corrected chi connectivity index (χ2v) is 9.64. The molecule has 1 aromatic carbocycles. The zero-order chi connectivity index (χ0) is 23.1. The van der Waals surface area contributed by atoms with Crippen LogP contribution >= 0.6 is 11.6 Å². The maximum Gasteiger partial charge on any atom is 0.321 e. The number of hydrogen-bond acceptors (Lipinski definition) is 2. The first-order valence-electron chi connectivity index (χ1n) is 11.4. The molecule has 1 aliphatic carbocycles. The summed E-state index contributed by atoms with van der Waals surface area (Å²) in [4.78, 5) is 24.9. The molecule has 0 aromatic heterocycles. The molecule has 6 heteroatoms. The zero-order valence-electron chi connectivity index (χ0n) is 19.5. The van der Waals surface area contributed by atoms with E-state index in [9.17, 15) is 9.59 Å². The van der Waals surface area contributed by atoms with Crippen molar-refractivity contribution in [3.8, 4) is 0 Å². The van der Waals surface area contributed by atoms with Crippen LogP contribution in [0.5, 0.6) is 0 Å². The number of halogens is 1. The SMILES string of the molecule is CCNC(=O)N(/C=C(\Cc1ccc([C@H]2C[C@@H](C(C)C)C2)c(Cl)c1)C(C)C)CCC(=O)O. The fraction of sp³-hybridized carbons (Fsp3) is 0.600. The minimum absolute atomic E-state index is 0.0989. The average molecular weight is 449 g/mol. The van der Waals surface area contributed by atoms with E-state index in [0.29, 0.717) is 18.9 Å². The lowest BCUT2D eigenvalue weighted by atomic mass is 9.67. The second-order valence-electron chi connectivity index (χ2n) is 9.24. The molecule has 0 aliphatic heterocycles. The highest BCUT2D eigenvalue weighted by atomic mass is 35.5. The number of carboxylic acids is 1. The fourth-order valence-corrected chi connectivity index (χ4v) is 4.36. The average Bonchev–Trinajstić information content (AvgIpc) is 2.64. The molecule has 1 aromatic rings. The van der Waals surface area contributed by atoms with Gasteiger partial charge in [-0.15, -0.1) is 0 Å². The third-order valence-corrected chi connectivity index (χ3v) is 6.58. The monoisotopic (exact) mass is 448 g/mol. The van der Waals surface area contributed by atoms with Gasteiger partial charge in [0.25, 0.3) is 0 Å². The summed E-state index contributed by atoms with van der Waals surface area (Å²) in [5.41, 5.74) is 3.40. The lowest BCUT2D eigenvalue weighted by Crippen LogP contribution is -2.38. The van der Waals surface area contributed by atoms with Gasteiger partial charge in [0.1, 0.15) is 0 Å². The van der Waals surface area contributed by atoms with E-state index in [0.717, 1.165) is 28.0 Å². The van der Waals surface area contributed by atoms with E-state index < -0.39 is 5.97 Å². The predicted octanol–water partition coefficient (Wildman–Crippen LogP) is 6.08. The molecule has 1 fully saturated rings. The number of carbonyl (C=O) groups excluding carboxylic acids is 1. The van der Waals surface area contributed by atoms with Crippen molar-refractivity contribution in [1.29, 1.82) is 0 Å². The molecule has 2 N–H and O–H groups in total. The Bertz CT molecular complexity index is 798. The van der Waals surface area contributed by atoms with E-state index in [1.54, 1.807) is 6.20 Å². The van der Waals surface area contributed by atoms with Crippen molar-refractivity contribution in [3.63, 3.8) is 0 Å². The van der Waals surface area contributed by atoms with E-state index in [2.05, 4.69) is 45.1 Å². The summed E-state index contributed by atoms with van der Waals surface area (Å²) in [6.07, 6.45) is 4.79. The number of nitrogens with one attached hydrogen (secondary N) is 1. The normalized spacial score (nSPS) is 18.8. The van der Waals surface area contributed by atoms with Crippen LogP contribution in [0.1, 0.15) is 70.9 Å². The number of hydrogen-bond donors (Lipinski definition) is 2. The molecule has 5 nitrogen and oxygen atoms in total. The summed E-state index contributed by atoms with van der Waals surface area (Å²) in [7, 11) is 0. The molecule has 2 rings (SSSR count). The van der Waals surface area contributed by atoms with Gasteiger partial charge in [-0.05, 0) is 72.6 Å². The Morgan fingerprint density at radius 2 is 1.94 bits per heavy atom. The number of allylic oxidation sites excluding steroid dienone is 1. The van der Waals surface area contributed by atoms with Crippen LogP contribution in [0.4, 0.5) is 4.79 Å². The lowest BCUT2D eigenvalue weighted by molar-refractivity contribution is -0.137. The van der Waals surface area contributed by atoms with Crippen LogP contribution in [-0.2, 0) is 11.2 Å². The van der Waals surface area contributed by atoms with Gasteiger partial charge in [-0.1, -0.05) is 51.4 Å². The maximum absolute atomic E-state index is 12.4. The van der Waals surface area contributed by atoms with Gasteiger partial charge in [0.2, 0.25) is 0 Å². The van der Waals surface area contributed by atoms with Crippen LogP contribution in [0.3, 0.4) is 0 Å². The largest absolute Gasteiger partial charge is 0.481 e. The van der Waals surface area contributed by atoms with Crippen LogP contribution in [0.2, 0.25) is 5.02 Å². The highest BCUT2D eigenvalue weighted by Crippen LogP contribution is 2.47. The van der Waals surface area contributed by atoms with Crippen molar-refractivity contribution < 1.29 is 14.7 Å². The summed E-state index contributed by atoms with van der Waals surface area (Å²) >= 11 is 6.65. The molecule has 172 valence electrons. The molecule has 1 aliphatic rings. The van der Waals surface area contributed by atoms with Crippen molar-refractivity contribution in [2.45, 2.75) is 66.2 Å². The highest BCUT2D eigenvalue weighted by molar-refractivity contribution is 6.31. The van der Waals surface area contributed by atoms with Gasteiger partial charge in [-0.3, -0.25) is 4.79 Å². The van der Waals surface area contributed by atoms with Gasteiger partial charge in [0.15, 0.2) is 0 Å². The third kappa shape index (κ3) is 7.27. The minimum atomic E-state index is -0.924. The summed E-state index contributed by atoms with van der Waals surface area (Å²) in [6.45, 7) is 11.2. The van der Waals surface area contributed by atoms with Gasteiger partial charge in [-0.2, -0.15) is 0 Å². The molecule has 31 heavy (non-hydrogen) atoms. The number of urea groups is 1. The Labute approximate surface area is 191 Å². The zero-order valence-corrected chi connectivity index (χ0v) is 20.2. The quantitative estimate of drug-likeness (QED) is 0.455. The van der Waals surface area contributed by atoms with Crippen molar-refractivity contribution in [1.82, 2.24) is 10.2 Å². The third-order valence-electron chi connectivity index (χ3n) is 6.25. The first-order chi connectivity index (χ1) is 14.6. The Morgan fingerprint density at radius 1 is 1.26 bits per heavy atom. The first-order valence-corrected chi connectivity index (χ1v) is 11.7. The number of nitrogens with zero attached hydrogens (tertiary/aromatic N) is 1. The molecule has 1 saturated carbocycles. The molecule has 2 amide bonds. The predicted molar refractivity (Wildman–Crippen MR) is 126 cm³/mol. The molecule has 0 spiro atoms. The molecule has 0 bridgehead atoms. The lowest BCUT2D eigenvalue weighted by Gasteiger charge is -2.39. The Hall–Kier alpha value is -2.01. The van der Waals surface area contributed by atoms with Gasteiger partial charge >= 0.3 is 12.0 Å². The Morgan fingerprint density at radius 3 is 2.45 bits per heavy atom. The molecular formula is C25H37ClN2O3. The summed E-state index contributed by atoms with van der Waals surface area (Å²) in [5.74, 6) is 1.35. The van der Waals surface area contributed by atoms with E-state index in [-0.39, 0.29) is 24.9 Å². The van der Waals surface area contributed by atoms with Crippen LogP contribution in [0, 0.1) is 17.8 Å². The van der Waals surface area contributed by atoms with Crippen LogP contribution < -0.4 is 5.32 Å². The number of aliphatic carboxylic acids is 1. The Balaban J connectivity index is 2.16. The van der Waals surface area contributed by atoms with Crippen LogP contribution in [0.15, 0.2) is 30.0 Å². The van der Waals surface area contributed by atoms with Gasteiger partial charge in [0.05, 0.1) is 6.42 Å². The topological polar surface area (TPSA) is 69.6 Å². The Kier molecular flexibility index (Phi) is 9.42. The van der Waals surface area contributed by atoms with Gasteiger partial charge in [-0.25, -0.2) is 4.79 Å². The maximum atomic E-state index is 12.4. The number of benzene rings is 1. The van der Waals surface area contributed by atoms with Crippen molar-refractivity contribution >= 4 is 23.6 Å². The van der Waals surface area contributed by atoms with E-state index in [1.807, 2.05) is 13.0 Å². The standard InChI is InChI=1S/C25H37ClN2O3/c1-6-27-25(31)28(10-9-24(29)30)15-21(17(4)5)11-18-7-8-22(23(26)12-18)20-13-19(14-20)16(2)3/h7-8,12,15-17,19-20H,6,9-11,13-14H2,1-5H3,(H,27,31)(H,29,30)/b21-15+/t19-,20+. The summed E-state index contributed by atoms with van der Waals surface area (Å²) < 4.78 is 0. The van der Waals surface area contributed by atoms with E-state index in [1.165, 1.54) is 23.3 Å². The van der Waals surface area contributed by atoms with Crippen molar-refractivity contribution in [3.05, 3.63) is 46.1 Å². The highest BCUT2D eigenvalue weighted by Gasteiger charge is 2.33. The first kappa shape index (κ1) is 25.3. The molecule has 0 atom stereocenters. The number of carbonyl (C=O) groups is 2. The summed E-state index contributed by atoms with van der Waals surface area (Å²) in [5, 5.41) is 12.6. The number of carboxylic acid groups (broad SMARTS) is 1. The fourth-order valence-electron chi connectivity index (χ4n) is 4.00. The molecule has 0 radical (unpaired) electrons. The van der Waals surface area contributed by atoms with Crippen LogP contribution in [0.25, 0.3) is 0 Å². The molecule has 0 unspecified atom stereocenters. The molecule has 0 saturated heterocycles. The minimum Gasteiger partial charge on any atom is -0.481 e. The van der Waals surface area contributed by atoms with E-state index in [4.69, 9.17) is 16.7 Å². The van der Waals surface area contributed by atoms with Gasteiger partial charge < -0.3 is 15.3 Å². The second kappa shape index (κ2) is 11.6. The van der Waals surface area contributed by atoms with Crippen molar-refractivity contribution in [2.24, 2.45) is 17.8 Å². The van der Waals surface area contributed by atoms with Gasteiger partial charge in [0, 0.05) is 24.3 Å². The summed E-state index contributed by atoms with van der Waals surface area (Å²) in [6, 6.07) is 6.06.